The summed E-state index contributed by atoms with van der Waals surface area (Å²) in [5.74, 6) is -2.02. The van der Waals surface area contributed by atoms with Gasteiger partial charge in [0, 0.05) is 35.4 Å². The molecule has 1 aromatic heterocycles. The lowest BCUT2D eigenvalue weighted by Crippen LogP contribution is -2.62. The third kappa shape index (κ3) is 3.81. The number of fused-ring (bicyclic) bond motifs is 1. The molecule has 0 bridgehead atoms. The summed E-state index contributed by atoms with van der Waals surface area (Å²) in [6.07, 6.45) is 7.40. The number of H-pyrrole nitrogens is 1. The number of benzene rings is 1. The van der Waals surface area contributed by atoms with Gasteiger partial charge in [-0.2, -0.15) is 0 Å². The summed E-state index contributed by atoms with van der Waals surface area (Å²) in [5, 5.41) is 3.51. The average Bonchev–Trinajstić information content (AvgIpc) is 3.12. The zero-order valence-corrected chi connectivity index (χ0v) is 16.6. The van der Waals surface area contributed by atoms with Gasteiger partial charge in [-0.3, -0.25) is 24.8 Å². The number of aliphatic imine (C=N–C) groups is 1. The van der Waals surface area contributed by atoms with Gasteiger partial charge in [-0.05, 0) is 37.8 Å². The molecule has 2 fully saturated rings. The highest BCUT2D eigenvalue weighted by Gasteiger charge is 2.44. The van der Waals surface area contributed by atoms with Crippen molar-refractivity contribution >= 4 is 34.5 Å². The van der Waals surface area contributed by atoms with Crippen LogP contribution in [0.2, 0.25) is 0 Å². The van der Waals surface area contributed by atoms with Gasteiger partial charge in [0.05, 0.1) is 0 Å². The van der Waals surface area contributed by atoms with E-state index in [4.69, 9.17) is 0 Å². The van der Waals surface area contributed by atoms with Crippen molar-refractivity contribution < 1.29 is 14.4 Å². The van der Waals surface area contributed by atoms with Gasteiger partial charge in [-0.1, -0.05) is 37.5 Å². The van der Waals surface area contributed by atoms with Crippen LogP contribution in [-0.4, -0.2) is 46.0 Å². The van der Waals surface area contributed by atoms with Crippen LogP contribution in [0, 0.1) is 5.92 Å². The second-order valence-electron chi connectivity index (χ2n) is 7.86. The number of nitrogens with zero attached hydrogens (tertiary/aromatic N) is 2. The minimum Gasteiger partial charge on any atom is -0.361 e. The Hall–Kier alpha value is -2.96. The number of nitrogens with one attached hydrogen (secondary N) is 2. The predicted molar refractivity (Wildman–Crippen MR) is 111 cm³/mol. The molecule has 2 aliphatic rings. The molecule has 1 aromatic carbocycles. The Morgan fingerprint density at radius 2 is 1.90 bits per heavy atom. The van der Waals surface area contributed by atoms with Crippen molar-refractivity contribution in [2.75, 3.05) is 6.54 Å². The highest BCUT2D eigenvalue weighted by molar-refractivity contribution is 6.27. The van der Waals surface area contributed by atoms with Gasteiger partial charge < -0.3 is 4.98 Å². The minimum atomic E-state index is -1.02. The topological polar surface area (TPSA) is 94.6 Å². The van der Waals surface area contributed by atoms with Gasteiger partial charge in [-0.15, -0.1) is 0 Å². The largest absolute Gasteiger partial charge is 0.361 e. The molecule has 1 saturated carbocycles. The van der Waals surface area contributed by atoms with E-state index in [2.05, 4.69) is 21.4 Å². The lowest BCUT2D eigenvalue weighted by Gasteiger charge is -2.37. The van der Waals surface area contributed by atoms with E-state index in [1.807, 2.05) is 24.4 Å². The van der Waals surface area contributed by atoms with Gasteiger partial charge in [0.1, 0.15) is 0 Å². The van der Waals surface area contributed by atoms with Crippen LogP contribution in [0.4, 0.5) is 4.79 Å². The minimum absolute atomic E-state index is 0.120. The molecule has 0 radical (unpaired) electrons. The third-order valence-corrected chi connectivity index (χ3v) is 5.97. The number of carbonyl (C=O) groups is 3. The van der Waals surface area contributed by atoms with Crippen LogP contribution < -0.4 is 5.32 Å². The molecular weight excluding hydrogens is 368 g/mol. The van der Waals surface area contributed by atoms with Gasteiger partial charge >= 0.3 is 6.03 Å². The summed E-state index contributed by atoms with van der Waals surface area (Å²) in [5.41, 5.74) is 2.68. The Morgan fingerprint density at radius 1 is 1.14 bits per heavy atom. The predicted octanol–water partition coefficient (Wildman–Crippen LogP) is 3.20. The number of urea groups is 1. The standard InChI is InChI=1S/C22H26N4O3/c1-14(23-12-11-15-13-24-18-10-6-5-9-17(15)18)19-20(27)25-22(29)26(21(19)28)16-7-3-2-4-8-16/h5-6,9-10,13,16,19,24H,2-4,7-8,11-12H2,1H3,(H,25,27,29). The Labute approximate surface area is 169 Å². The van der Waals surface area contributed by atoms with Crippen LogP contribution in [0.25, 0.3) is 10.9 Å². The van der Waals surface area contributed by atoms with E-state index in [1.165, 1.54) is 4.90 Å². The molecule has 29 heavy (non-hydrogen) atoms. The van der Waals surface area contributed by atoms with Crippen molar-refractivity contribution in [1.82, 2.24) is 15.2 Å². The number of hydrogen-bond donors (Lipinski definition) is 2. The fourth-order valence-corrected chi connectivity index (χ4v) is 4.42. The monoisotopic (exact) mass is 394 g/mol. The molecule has 7 nitrogen and oxygen atoms in total. The maximum Gasteiger partial charge on any atom is 0.331 e. The SMILES string of the molecule is CC(=NCCc1c[nH]c2ccccc12)C1C(=O)NC(=O)N(C2CCCCC2)C1=O. The van der Waals surface area contributed by atoms with Crippen molar-refractivity contribution in [3.8, 4) is 0 Å². The molecule has 1 aliphatic heterocycles. The molecule has 1 atom stereocenters. The normalized spacial score (nSPS) is 21.7. The first-order valence-corrected chi connectivity index (χ1v) is 10.3. The zero-order chi connectivity index (χ0) is 20.4. The summed E-state index contributed by atoms with van der Waals surface area (Å²) in [4.78, 5) is 46.7. The van der Waals surface area contributed by atoms with Gasteiger partial charge in [-0.25, -0.2) is 4.79 Å². The molecule has 2 N–H and O–H groups in total. The molecular formula is C22H26N4O3. The van der Waals surface area contributed by atoms with E-state index in [-0.39, 0.29) is 6.04 Å². The summed E-state index contributed by atoms with van der Waals surface area (Å²) in [6, 6.07) is 7.35. The highest BCUT2D eigenvalue weighted by Crippen LogP contribution is 2.26. The maximum absolute atomic E-state index is 13.0. The van der Waals surface area contributed by atoms with Gasteiger partial charge in [0.15, 0.2) is 5.92 Å². The lowest BCUT2D eigenvalue weighted by molar-refractivity contribution is -0.141. The van der Waals surface area contributed by atoms with Crippen LogP contribution in [0.1, 0.15) is 44.6 Å². The number of aromatic nitrogens is 1. The Balaban J connectivity index is 1.47. The number of hydrogen-bond acceptors (Lipinski definition) is 4. The van der Waals surface area contributed by atoms with Gasteiger partial charge in [0.25, 0.3) is 0 Å². The van der Waals surface area contributed by atoms with E-state index < -0.39 is 23.8 Å². The molecule has 4 rings (SSSR count). The molecule has 1 aliphatic carbocycles. The van der Waals surface area contributed by atoms with E-state index in [0.717, 1.165) is 48.6 Å². The first-order valence-electron chi connectivity index (χ1n) is 10.3. The molecule has 0 spiro atoms. The van der Waals surface area contributed by atoms with Crippen LogP contribution in [-0.2, 0) is 16.0 Å². The fourth-order valence-electron chi connectivity index (χ4n) is 4.42. The molecule has 7 heteroatoms. The van der Waals surface area contributed by atoms with Crippen molar-refractivity contribution in [1.29, 1.82) is 0 Å². The molecule has 1 saturated heterocycles. The van der Waals surface area contributed by atoms with Crippen LogP contribution >= 0.6 is 0 Å². The van der Waals surface area contributed by atoms with Crippen LogP contribution in [0.15, 0.2) is 35.5 Å². The Kier molecular flexibility index (Phi) is 5.47. The van der Waals surface area contributed by atoms with E-state index in [1.54, 1.807) is 6.92 Å². The molecule has 1 unspecified atom stereocenters. The molecule has 4 amide bonds. The number of rotatable bonds is 5. The summed E-state index contributed by atoms with van der Waals surface area (Å²) < 4.78 is 0. The average molecular weight is 394 g/mol. The Morgan fingerprint density at radius 3 is 2.69 bits per heavy atom. The maximum atomic E-state index is 13.0. The number of aromatic amines is 1. The number of para-hydroxylation sites is 1. The quantitative estimate of drug-likeness (QED) is 0.602. The summed E-state index contributed by atoms with van der Waals surface area (Å²) in [7, 11) is 0. The Bertz CT molecular complexity index is 971. The number of barbiturate groups is 1. The first kappa shape index (κ1) is 19.4. The van der Waals surface area contributed by atoms with Crippen molar-refractivity contribution in [2.45, 2.75) is 51.5 Å². The number of amides is 4. The lowest BCUT2D eigenvalue weighted by atomic mass is 9.91. The van der Waals surface area contributed by atoms with E-state index in [9.17, 15) is 14.4 Å². The summed E-state index contributed by atoms with van der Waals surface area (Å²) in [6.45, 7) is 2.17. The van der Waals surface area contributed by atoms with Crippen molar-refractivity contribution in [3.63, 3.8) is 0 Å². The molecule has 152 valence electrons. The molecule has 2 aromatic rings. The van der Waals surface area contributed by atoms with Crippen LogP contribution in [0.5, 0.6) is 0 Å². The fraction of sp³-hybridized carbons (Fsp3) is 0.455. The second kappa shape index (κ2) is 8.19. The first-order chi connectivity index (χ1) is 14.1. The van der Waals surface area contributed by atoms with E-state index >= 15 is 0 Å². The van der Waals surface area contributed by atoms with Crippen molar-refractivity contribution in [3.05, 3.63) is 36.0 Å². The number of carbonyl (C=O) groups excluding carboxylic acids is 3. The highest BCUT2D eigenvalue weighted by atomic mass is 16.2. The van der Waals surface area contributed by atoms with Crippen molar-refractivity contribution in [2.24, 2.45) is 10.9 Å². The summed E-state index contributed by atoms with van der Waals surface area (Å²) >= 11 is 0. The smallest absolute Gasteiger partial charge is 0.331 e. The van der Waals surface area contributed by atoms with Gasteiger partial charge in [0.2, 0.25) is 11.8 Å². The molecule has 2 heterocycles. The zero-order valence-electron chi connectivity index (χ0n) is 16.6. The van der Waals surface area contributed by atoms with Crippen LogP contribution in [0.3, 0.4) is 0 Å². The second-order valence-corrected chi connectivity index (χ2v) is 7.86. The third-order valence-electron chi connectivity index (χ3n) is 5.97. The van der Waals surface area contributed by atoms with E-state index in [0.29, 0.717) is 18.7 Å². The number of imide groups is 2.